The normalized spacial score (nSPS) is 13.2. The van der Waals surface area contributed by atoms with Gasteiger partial charge < -0.3 is 5.11 Å². The number of sulfonamides is 1. The summed E-state index contributed by atoms with van der Waals surface area (Å²) in [6.45, 7) is 1.27. The van der Waals surface area contributed by atoms with E-state index in [4.69, 9.17) is 5.11 Å². The Morgan fingerprint density at radius 2 is 1.75 bits per heavy atom. The van der Waals surface area contributed by atoms with E-state index in [1.807, 2.05) is 0 Å². The third kappa shape index (κ3) is 3.21. The molecule has 1 aromatic carbocycles. The summed E-state index contributed by atoms with van der Waals surface area (Å²) in [5, 5.41) is 8.76. The molecule has 0 amide bonds. The van der Waals surface area contributed by atoms with Crippen LogP contribution in [0.25, 0.3) is 0 Å². The van der Waals surface area contributed by atoms with Crippen molar-refractivity contribution in [1.82, 2.24) is 4.47 Å². The molecule has 1 atom stereocenters. The van der Waals surface area contributed by atoms with E-state index in [2.05, 4.69) is 4.84 Å². The van der Waals surface area contributed by atoms with Gasteiger partial charge in [-0.25, -0.2) is 8.42 Å². The molecule has 1 rings (SSSR count). The van der Waals surface area contributed by atoms with Gasteiger partial charge in [0.05, 0.1) is 12.0 Å². The molecule has 0 aliphatic carbocycles. The Labute approximate surface area is 116 Å². The van der Waals surface area contributed by atoms with Crippen LogP contribution in [0.2, 0.25) is 0 Å². The van der Waals surface area contributed by atoms with Gasteiger partial charge in [0.2, 0.25) is 0 Å². The van der Waals surface area contributed by atoms with Crippen LogP contribution >= 0.6 is 0 Å². The van der Waals surface area contributed by atoms with Gasteiger partial charge in [-0.05, 0) is 19.1 Å². The maximum Gasteiger partial charge on any atom is 0.314 e. The van der Waals surface area contributed by atoms with Gasteiger partial charge in [0.15, 0.2) is 5.78 Å². The first-order valence-corrected chi connectivity index (χ1v) is 7.06. The number of hydrogen-bond acceptors (Lipinski definition) is 5. The lowest BCUT2D eigenvalue weighted by molar-refractivity contribution is -0.139. The van der Waals surface area contributed by atoms with E-state index in [0.717, 1.165) is 0 Å². The van der Waals surface area contributed by atoms with E-state index < -0.39 is 27.7 Å². The molecule has 0 fully saturated rings. The van der Waals surface area contributed by atoms with Crippen molar-refractivity contribution in [3.63, 3.8) is 0 Å². The Hall–Kier alpha value is -1.77. The van der Waals surface area contributed by atoms with E-state index in [1.54, 1.807) is 0 Å². The average Bonchev–Trinajstić information content (AvgIpc) is 2.44. The molecule has 0 saturated carbocycles. The summed E-state index contributed by atoms with van der Waals surface area (Å²) >= 11 is 0. The highest BCUT2D eigenvalue weighted by Crippen LogP contribution is 2.17. The molecular formula is C12H15NO6S. The smallest absolute Gasteiger partial charge is 0.314 e. The Morgan fingerprint density at radius 1 is 1.25 bits per heavy atom. The van der Waals surface area contributed by atoms with Crippen molar-refractivity contribution >= 4 is 21.8 Å². The van der Waals surface area contributed by atoms with Gasteiger partial charge in [-0.3, -0.25) is 14.4 Å². The first-order valence-electron chi connectivity index (χ1n) is 5.62. The van der Waals surface area contributed by atoms with Crippen molar-refractivity contribution in [3.8, 4) is 0 Å². The fourth-order valence-electron chi connectivity index (χ4n) is 1.40. The summed E-state index contributed by atoms with van der Waals surface area (Å²) in [5.74, 6) is -2.99. The van der Waals surface area contributed by atoms with Crippen LogP contribution in [0.15, 0.2) is 29.2 Å². The van der Waals surface area contributed by atoms with Gasteiger partial charge in [0.25, 0.3) is 10.0 Å². The molecule has 0 bridgehead atoms. The van der Waals surface area contributed by atoms with E-state index in [0.29, 0.717) is 4.47 Å². The molecule has 1 N–H and O–H groups in total. The summed E-state index contributed by atoms with van der Waals surface area (Å²) in [6.07, 6.45) is 0. The Bertz CT molecular complexity index is 607. The van der Waals surface area contributed by atoms with Crippen molar-refractivity contribution in [2.75, 3.05) is 14.2 Å². The number of carboxylic acid groups (broad SMARTS) is 1. The Kier molecular flexibility index (Phi) is 4.98. The summed E-state index contributed by atoms with van der Waals surface area (Å²) in [7, 11) is -1.34. The number of nitrogens with zero attached hydrogens (tertiary/aromatic N) is 1. The standard InChI is InChI=1S/C12H15NO6S/c1-8(12(15)16)11(14)9-4-6-10(7-5-9)20(17,18)13(2)19-3/h4-8H,1-3H3,(H,15,16). The molecule has 0 saturated heterocycles. The molecule has 0 aromatic heterocycles. The molecule has 1 unspecified atom stereocenters. The number of hydroxylamine groups is 1. The molecule has 8 heteroatoms. The zero-order chi connectivity index (χ0) is 15.5. The zero-order valence-electron chi connectivity index (χ0n) is 11.2. The van der Waals surface area contributed by atoms with Crippen LogP contribution < -0.4 is 0 Å². The lowest BCUT2D eigenvalue weighted by Gasteiger charge is -2.14. The molecule has 7 nitrogen and oxygen atoms in total. The molecular weight excluding hydrogens is 286 g/mol. The molecule has 0 spiro atoms. The lowest BCUT2D eigenvalue weighted by Crippen LogP contribution is -2.26. The minimum absolute atomic E-state index is 0.0543. The molecule has 110 valence electrons. The quantitative estimate of drug-likeness (QED) is 0.473. The van der Waals surface area contributed by atoms with E-state index in [9.17, 15) is 18.0 Å². The average molecular weight is 301 g/mol. The minimum Gasteiger partial charge on any atom is -0.481 e. The van der Waals surface area contributed by atoms with Crippen LogP contribution in [0.1, 0.15) is 17.3 Å². The highest BCUT2D eigenvalue weighted by Gasteiger charge is 2.24. The maximum absolute atomic E-state index is 11.9. The fourth-order valence-corrected chi connectivity index (χ4v) is 2.37. The number of Topliss-reactive ketones (excluding diaryl/α,β-unsaturated/α-hetero) is 1. The largest absolute Gasteiger partial charge is 0.481 e. The Balaban J connectivity index is 3.07. The second-order valence-corrected chi connectivity index (χ2v) is 5.98. The first-order chi connectivity index (χ1) is 9.21. The van der Waals surface area contributed by atoms with Crippen LogP contribution in [0.4, 0.5) is 0 Å². The zero-order valence-corrected chi connectivity index (χ0v) is 12.0. The summed E-state index contributed by atoms with van der Waals surface area (Å²) in [6, 6.07) is 5.01. The number of carbonyl (C=O) groups is 2. The number of carboxylic acids is 1. The predicted octanol–water partition coefficient (Wildman–Crippen LogP) is 0.772. The summed E-state index contributed by atoms with van der Waals surface area (Å²) < 4.78 is 24.5. The molecule has 0 aliphatic heterocycles. The second kappa shape index (κ2) is 6.12. The summed E-state index contributed by atoms with van der Waals surface area (Å²) in [4.78, 5) is 27.1. The van der Waals surface area contributed by atoms with E-state index >= 15 is 0 Å². The highest BCUT2D eigenvalue weighted by atomic mass is 32.2. The maximum atomic E-state index is 11.9. The lowest BCUT2D eigenvalue weighted by atomic mass is 10.00. The molecule has 0 radical (unpaired) electrons. The Morgan fingerprint density at radius 3 is 2.15 bits per heavy atom. The monoisotopic (exact) mass is 301 g/mol. The third-order valence-electron chi connectivity index (χ3n) is 2.80. The predicted molar refractivity (Wildman–Crippen MR) is 69.5 cm³/mol. The van der Waals surface area contributed by atoms with Crippen molar-refractivity contribution in [2.24, 2.45) is 5.92 Å². The second-order valence-electron chi connectivity index (χ2n) is 4.05. The van der Waals surface area contributed by atoms with Crippen LogP contribution in [0.5, 0.6) is 0 Å². The van der Waals surface area contributed by atoms with Gasteiger partial charge >= 0.3 is 5.97 Å². The fraction of sp³-hybridized carbons (Fsp3) is 0.333. The van der Waals surface area contributed by atoms with Crippen LogP contribution in [-0.2, 0) is 19.7 Å². The number of benzene rings is 1. The van der Waals surface area contributed by atoms with E-state index in [-0.39, 0.29) is 10.5 Å². The van der Waals surface area contributed by atoms with Crippen LogP contribution in [0, 0.1) is 5.92 Å². The van der Waals surface area contributed by atoms with Gasteiger partial charge in [-0.2, -0.15) is 0 Å². The molecule has 0 heterocycles. The number of carbonyl (C=O) groups excluding carboxylic acids is 1. The van der Waals surface area contributed by atoms with Crippen LogP contribution in [0.3, 0.4) is 0 Å². The van der Waals surface area contributed by atoms with Gasteiger partial charge in [0, 0.05) is 12.6 Å². The third-order valence-corrected chi connectivity index (χ3v) is 4.49. The molecule has 0 aliphatic rings. The van der Waals surface area contributed by atoms with Gasteiger partial charge in [-0.15, -0.1) is 0 Å². The highest BCUT2D eigenvalue weighted by molar-refractivity contribution is 7.89. The number of ketones is 1. The topological polar surface area (TPSA) is 101 Å². The van der Waals surface area contributed by atoms with E-state index in [1.165, 1.54) is 45.3 Å². The number of aliphatic carboxylic acids is 1. The van der Waals surface area contributed by atoms with Crippen molar-refractivity contribution in [3.05, 3.63) is 29.8 Å². The van der Waals surface area contributed by atoms with Crippen LogP contribution in [-0.4, -0.2) is 43.9 Å². The van der Waals surface area contributed by atoms with Crippen molar-refractivity contribution < 1.29 is 28.0 Å². The molecule has 20 heavy (non-hydrogen) atoms. The van der Waals surface area contributed by atoms with Gasteiger partial charge in [-0.1, -0.05) is 16.6 Å². The minimum atomic E-state index is -3.78. The number of rotatable bonds is 6. The van der Waals surface area contributed by atoms with Gasteiger partial charge in [0.1, 0.15) is 5.92 Å². The SMILES string of the molecule is CON(C)S(=O)(=O)c1ccc(C(=O)C(C)C(=O)O)cc1. The first kappa shape index (κ1) is 16.3. The number of hydrogen-bond donors (Lipinski definition) is 1. The summed E-state index contributed by atoms with van der Waals surface area (Å²) in [5.41, 5.74) is 0.138. The van der Waals surface area contributed by atoms with Crippen molar-refractivity contribution in [2.45, 2.75) is 11.8 Å². The molecule has 1 aromatic rings. The van der Waals surface area contributed by atoms with Crippen molar-refractivity contribution in [1.29, 1.82) is 0 Å².